The molecule has 9 heteroatoms. The fourth-order valence-electron chi connectivity index (χ4n) is 4.53. The smallest absolute Gasteiger partial charge is 0.410 e. The number of ketones is 1. The summed E-state index contributed by atoms with van der Waals surface area (Å²) in [6.45, 7) is 15.9. The number of halogens is 1. The third-order valence-electron chi connectivity index (χ3n) is 6.38. The Labute approximate surface area is 223 Å². The zero-order chi connectivity index (χ0) is 28.4. The lowest BCUT2D eigenvalue weighted by atomic mass is 9.90. The molecule has 1 saturated heterocycles. The van der Waals surface area contributed by atoms with Crippen LogP contribution in [0.1, 0.15) is 73.5 Å². The molecule has 0 radical (unpaired) electrons. The Kier molecular flexibility index (Phi) is 8.59. The van der Waals surface area contributed by atoms with Crippen LogP contribution >= 0.6 is 0 Å². The lowest BCUT2D eigenvalue weighted by Crippen LogP contribution is -2.54. The Balaban J connectivity index is 2.04. The highest BCUT2D eigenvalue weighted by atomic mass is 19.1. The maximum absolute atomic E-state index is 14.4. The molecule has 2 amide bonds. The quantitative estimate of drug-likeness (QED) is 0.350. The van der Waals surface area contributed by atoms with Gasteiger partial charge in [0.05, 0.1) is 22.9 Å². The van der Waals surface area contributed by atoms with Gasteiger partial charge in [0, 0.05) is 56.3 Å². The fourth-order valence-corrected chi connectivity index (χ4v) is 4.53. The number of carbonyl (C=O) groups is 3. The third-order valence-corrected chi connectivity index (χ3v) is 6.38. The number of aliphatic imine (C=N–C) groups is 1. The molecule has 0 unspecified atom stereocenters. The Hall–Kier alpha value is -3.75. The minimum atomic E-state index is -0.624. The molecule has 38 heavy (non-hydrogen) atoms. The van der Waals surface area contributed by atoms with E-state index < -0.39 is 23.4 Å². The van der Waals surface area contributed by atoms with Crippen molar-refractivity contribution in [2.24, 2.45) is 10.9 Å². The summed E-state index contributed by atoms with van der Waals surface area (Å²) >= 11 is 0. The van der Waals surface area contributed by atoms with E-state index in [1.165, 1.54) is 23.1 Å². The summed E-state index contributed by atoms with van der Waals surface area (Å²) in [6.07, 6.45) is 4.34. The van der Waals surface area contributed by atoms with Gasteiger partial charge in [-0.15, -0.1) is 0 Å². The highest BCUT2D eigenvalue weighted by Gasteiger charge is 2.39. The molecule has 8 nitrogen and oxygen atoms in total. The van der Waals surface area contributed by atoms with Crippen molar-refractivity contribution in [3.05, 3.63) is 59.2 Å². The van der Waals surface area contributed by atoms with Crippen LogP contribution < -0.4 is 0 Å². The first kappa shape index (κ1) is 28.8. The summed E-state index contributed by atoms with van der Waals surface area (Å²) < 4.78 is 21.4. The molecule has 0 N–H and O–H groups in total. The summed E-state index contributed by atoms with van der Waals surface area (Å²) in [5, 5.41) is 0. The SMILES string of the molecule is C=Cc1c(C(=O)C2CN(C(=O)OC(C)(C)C)C2)cn(-c2ccc(F)cc2C(=O)N(CC)C(C)C)c1C=NC. The Bertz CT molecular complexity index is 1270. The van der Waals surface area contributed by atoms with Crippen LogP contribution in [-0.4, -0.2) is 76.7 Å². The number of likely N-dealkylation sites (tertiary alicyclic amines) is 1. The number of hydrogen-bond acceptors (Lipinski definition) is 5. The molecular weight excluding hydrogens is 487 g/mol. The van der Waals surface area contributed by atoms with Gasteiger partial charge in [-0.05, 0) is 59.7 Å². The largest absolute Gasteiger partial charge is 0.444 e. The number of ether oxygens (including phenoxy) is 1. The van der Waals surface area contributed by atoms with E-state index in [1.54, 1.807) is 55.8 Å². The van der Waals surface area contributed by atoms with Gasteiger partial charge in [0.1, 0.15) is 11.4 Å². The summed E-state index contributed by atoms with van der Waals surface area (Å²) in [5.74, 6) is -1.41. The molecule has 0 saturated carbocycles. The van der Waals surface area contributed by atoms with Gasteiger partial charge < -0.3 is 19.1 Å². The van der Waals surface area contributed by atoms with Gasteiger partial charge in [-0.25, -0.2) is 9.18 Å². The van der Waals surface area contributed by atoms with E-state index in [2.05, 4.69) is 11.6 Å². The molecule has 1 aliphatic rings. The Morgan fingerprint density at radius 1 is 1.24 bits per heavy atom. The number of Topliss-reactive ketones (excluding diaryl/α,β-unsaturated/α-hetero) is 1. The highest BCUT2D eigenvalue weighted by molar-refractivity contribution is 6.05. The van der Waals surface area contributed by atoms with Crippen molar-refractivity contribution in [2.45, 2.75) is 53.2 Å². The standard InChI is InChI=1S/C29H37FN4O4/c1-9-21-23(26(35)19-15-32(16-19)28(37)38-29(5,6)7)17-34(25(21)14-31-8)24-12-11-20(30)13-22(24)27(36)33(10-2)18(3)4/h9,11-14,17-19H,1,10,15-16H2,2-8H3. The van der Waals surface area contributed by atoms with Crippen LogP contribution in [0.4, 0.5) is 9.18 Å². The van der Waals surface area contributed by atoms with Crippen LogP contribution in [0.3, 0.4) is 0 Å². The summed E-state index contributed by atoms with van der Waals surface area (Å²) in [7, 11) is 1.60. The second-order valence-electron chi connectivity index (χ2n) is 10.6. The average Bonchev–Trinajstić information content (AvgIpc) is 3.15. The number of benzene rings is 1. The number of amides is 2. The molecule has 1 fully saturated rings. The predicted molar refractivity (Wildman–Crippen MR) is 147 cm³/mol. The molecule has 1 aromatic heterocycles. The van der Waals surface area contributed by atoms with E-state index in [4.69, 9.17) is 4.74 Å². The minimum Gasteiger partial charge on any atom is -0.444 e. The first-order valence-electron chi connectivity index (χ1n) is 12.8. The number of carbonyl (C=O) groups excluding carboxylic acids is 3. The van der Waals surface area contributed by atoms with E-state index in [9.17, 15) is 18.8 Å². The second kappa shape index (κ2) is 11.3. The second-order valence-corrected chi connectivity index (χ2v) is 10.6. The van der Waals surface area contributed by atoms with Crippen molar-refractivity contribution in [1.82, 2.24) is 14.4 Å². The van der Waals surface area contributed by atoms with Crippen molar-refractivity contribution < 1.29 is 23.5 Å². The zero-order valence-electron chi connectivity index (χ0n) is 23.2. The monoisotopic (exact) mass is 524 g/mol. The van der Waals surface area contributed by atoms with Gasteiger partial charge >= 0.3 is 6.09 Å². The highest BCUT2D eigenvalue weighted by Crippen LogP contribution is 2.30. The topological polar surface area (TPSA) is 84.2 Å². The van der Waals surface area contributed by atoms with Gasteiger partial charge in [-0.1, -0.05) is 12.7 Å². The van der Waals surface area contributed by atoms with Crippen molar-refractivity contribution in [3.63, 3.8) is 0 Å². The first-order chi connectivity index (χ1) is 17.8. The molecule has 2 heterocycles. The maximum atomic E-state index is 14.4. The summed E-state index contributed by atoms with van der Waals surface area (Å²) in [6, 6.07) is 3.94. The normalized spacial score (nSPS) is 14.1. The van der Waals surface area contributed by atoms with Gasteiger partial charge in [0.25, 0.3) is 5.91 Å². The summed E-state index contributed by atoms with van der Waals surface area (Å²) in [5.41, 5.74) is 1.47. The molecule has 3 rings (SSSR count). The number of hydrogen-bond donors (Lipinski definition) is 0. The van der Waals surface area contributed by atoms with Crippen molar-refractivity contribution in [1.29, 1.82) is 0 Å². The van der Waals surface area contributed by atoms with E-state index in [0.717, 1.165) is 0 Å². The van der Waals surface area contributed by atoms with Crippen molar-refractivity contribution in [2.75, 3.05) is 26.7 Å². The lowest BCUT2D eigenvalue weighted by Gasteiger charge is -2.38. The summed E-state index contributed by atoms with van der Waals surface area (Å²) in [4.78, 5) is 46.7. The fraction of sp³-hybridized carbons (Fsp3) is 0.448. The third kappa shape index (κ3) is 5.87. The van der Waals surface area contributed by atoms with Crippen LogP contribution in [0, 0.1) is 11.7 Å². The first-order valence-corrected chi connectivity index (χ1v) is 12.8. The number of rotatable bonds is 8. The van der Waals surface area contributed by atoms with E-state index in [0.29, 0.717) is 29.1 Å². The van der Waals surface area contributed by atoms with Gasteiger partial charge in [-0.2, -0.15) is 0 Å². The maximum Gasteiger partial charge on any atom is 0.410 e. The van der Waals surface area contributed by atoms with Gasteiger partial charge in [0.15, 0.2) is 5.78 Å². The number of aromatic nitrogens is 1. The van der Waals surface area contributed by atoms with E-state index in [1.807, 2.05) is 20.8 Å². The van der Waals surface area contributed by atoms with E-state index in [-0.39, 0.29) is 36.4 Å². The molecule has 2 aromatic rings. The Morgan fingerprint density at radius 2 is 1.89 bits per heavy atom. The minimum absolute atomic E-state index is 0.0858. The van der Waals surface area contributed by atoms with Crippen molar-refractivity contribution in [3.8, 4) is 5.69 Å². The molecule has 1 aliphatic heterocycles. The molecule has 1 aromatic carbocycles. The van der Waals surface area contributed by atoms with Crippen LogP contribution in [0.25, 0.3) is 11.8 Å². The average molecular weight is 525 g/mol. The van der Waals surface area contributed by atoms with Crippen LogP contribution in [0.15, 0.2) is 36.0 Å². The van der Waals surface area contributed by atoms with Crippen molar-refractivity contribution >= 4 is 30.1 Å². The Morgan fingerprint density at radius 3 is 2.42 bits per heavy atom. The lowest BCUT2D eigenvalue weighted by molar-refractivity contribution is 0.00147. The molecule has 204 valence electrons. The van der Waals surface area contributed by atoms with E-state index >= 15 is 0 Å². The molecule has 0 spiro atoms. The molecule has 0 bridgehead atoms. The van der Waals surface area contributed by atoms with Gasteiger partial charge in [0.2, 0.25) is 0 Å². The predicted octanol–water partition coefficient (Wildman–Crippen LogP) is 5.23. The van der Waals surface area contributed by atoms with Crippen LogP contribution in [0.5, 0.6) is 0 Å². The molecule has 0 aliphatic carbocycles. The van der Waals surface area contributed by atoms with Crippen LogP contribution in [-0.2, 0) is 4.74 Å². The van der Waals surface area contributed by atoms with Gasteiger partial charge in [-0.3, -0.25) is 14.6 Å². The number of nitrogens with zero attached hydrogens (tertiary/aromatic N) is 4. The zero-order valence-corrected chi connectivity index (χ0v) is 23.2. The molecular formula is C29H37FN4O4. The van der Waals surface area contributed by atoms with Crippen LogP contribution in [0.2, 0.25) is 0 Å². The molecule has 0 atom stereocenters.